The maximum absolute atomic E-state index is 12.4. The number of halogens is 1. The summed E-state index contributed by atoms with van der Waals surface area (Å²) in [5, 5.41) is 15.1. The first-order valence-electron chi connectivity index (χ1n) is 11.1. The average Bonchev–Trinajstić information content (AvgIpc) is 3.15. The first-order valence-corrected chi connectivity index (χ1v) is 11.5. The molecule has 0 radical (unpaired) electrons. The van der Waals surface area contributed by atoms with E-state index in [1.54, 1.807) is 36.4 Å². The molecule has 4 aromatic rings. The summed E-state index contributed by atoms with van der Waals surface area (Å²) in [7, 11) is 4.02. The second kappa shape index (κ2) is 10.5. The minimum absolute atomic E-state index is 0.0218. The highest BCUT2D eigenvalue weighted by Crippen LogP contribution is 2.32. The van der Waals surface area contributed by atoms with Gasteiger partial charge in [-0.05, 0) is 63.5 Å². The molecule has 1 aromatic heterocycles. The van der Waals surface area contributed by atoms with Gasteiger partial charge < -0.3 is 20.3 Å². The van der Waals surface area contributed by atoms with Crippen molar-refractivity contribution in [2.24, 2.45) is 4.99 Å². The lowest BCUT2D eigenvalue weighted by Gasteiger charge is -2.10. The summed E-state index contributed by atoms with van der Waals surface area (Å²) < 4.78 is 0. The Morgan fingerprint density at radius 1 is 1.03 bits per heavy atom. The van der Waals surface area contributed by atoms with Crippen molar-refractivity contribution in [2.45, 2.75) is 6.42 Å². The van der Waals surface area contributed by atoms with Gasteiger partial charge in [-0.15, -0.1) is 0 Å². The summed E-state index contributed by atoms with van der Waals surface area (Å²) in [6.07, 6.45) is 0.890. The molecule has 3 aromatic carbocycles. The van der Waals surface area contributed by atoms with E-state index in [2.05, 4.69) is 15.2 Å². The SMILES string of the molecule is CN(C)CCCNC(=O)c1ccc(N=C(c2ccccc2)c2c(O)[nH]c3cc(Cl)ccc23)cc1. The van der Waals surface area contributed by atoms with Crippen LogP contribution in [-0.2, 0) is 0 Å². The van der Waals surface area contributed by atoms with Crippen molar-refractivity contribution < 1.29 is 9.90 Å². The molecule has 174 valence electrons. The summed E-state index contributed by atoms with van der Waals surface area (Å²) in [5.41, 5.74) is 4.05. The minimum atomic E-state index is -0.108. The fraction of sp³-hybridized carbons (Fsp3) is 0.185. The monoisotopic (exact) mass is 474 g/mol. The van der Waals surface area contributed by atoms with E-state index >= 15 is 0 Å². The van der Waals surface area contributed by atoms with E-state index in [9.17, 15) is 9.90 Å². The number of aliphatic imine (C=N–C) groups is 1. The maximum atomic E-state index is 12.4. The van der Waals surface area contributed by atoms with Crippen LogP contribution in [0, 0.1) is 0 Å². The molecule has 0 aliphatic rings. The third-order valence-electron chi connectivity index (χ3n) is 5.46. The normalized spacial score (nSPS) is 11.8. The zero-order valence-electron chi connectivity index (χ0n) is 19.2. The molecule has 0 bridgehead atoms. The molecule has 0 spiro atoms. The number of H-pyrrole nitrogens is 1. The quantitative estimate of drug-likeness (QED) is 0.237. The number of aromatic amines is 1. The van der Waals surface area contributed by atoms with Crippen LogP contribution in [0.5, 0.6) is 5.88 Å². The summed E-state index contributed by atoms with van der Waals surface area (Å²) >= 11 is 6.13. The first-order chi connectivity index (χ1) is 16.4. The van der Waals surface area contributed by atoms with Gasteiger partial charge in [0.1, 0.15) is 0 Å². The van der Waals surface area contributed by atoms with Gasteiger partial charge in [-0.2, -0.15) is 0 Å². The Labute approximate surface area is 203 Å². The molecule has 0 aliphatic heterocycles. The molecule has 3 N–H and O–H groups in total. The van der Waals surface area contributed by atoms with Crippen molar-refractivity contribution in [3.63, 3.8) is 0 Å². The number of nitrogens with one attached hydrogen (secondary N) is 2. The number of benzene rings is 3. The van der Waals surface area contributed by atoms with Gasteiger partial charge in [0.25, 0.3) is 5.91 Å². The lowest BCUT2D eigenvalue weighted by molar-refractivity contribution is 0.0952. The van der Waals surface area contributed by atoms with E-state index < -0.39 is 0 Å². The molecule has 0 atom stereocenters. The van der Waals surface area contributed by atoms with Gasteiger partial charge in [-0.1, -0.05) is 48.0 Å². The highest BCUT2D eigenvalue weighted by molar-refractivity contribution is 6.31. The van der Waals surface area contributed by atoms with Crippen molar-refractivity contribution in [3.8, 4) is 5.88 Å². The standard InChI is InChI=1S/C27H27ClN4O2/c1-32(2)16-6-15-29-26(33)19-9-12-21(13-10-19)30-25(18-7-4-3-5-8-18)24-22-14-11-20(28)17-23(22)31-27(24)34/h3-5,7-14,17,31,34H,6,15-16H2,1-2H3,(H,29,33). The molecule has 6 nitrogen and oxygen atoms in total. The lowest BCUT2D eigenvalue weighted by Crippen LogP contribution is -2.27. The Hall–Kier alpha value is -3.61. The van der Waals surface area contributed by atoms with E-state index in [0.29, 0.717) is 34.1 Å². The number of nitrogens with zero attached hydrogens (tertiary/aromatic N) is 2. The van der Waals surface area contributed by atoms with Crippen LogP contribution in [0.4, 0.5) is 5.69 Å². The van der Waals surface area contributed by atoms with Crippen LogP contribution in [0.1, 0.15) is 27.9 Å². The number of carbonyl (C=O) groups is 1. The molecule has 0 aliphatic carbocycles. The predicted molar refractivity (Wildman–Crippen MR) is 139 cm³/mol. The topological polar surface area (TPSA) is 80.7 Å². The molecular weight excluding hydrogens is 448 g/mol. The average molecular weight is 475 g/mol. The zero-order valence-corrected chi connectivity index (χ0v) is 19.9. The van der Waals surface area contributed by atoms with Crippen LogP contribution < -0.4 is 5.32 Å². The fourth-order valence-corrected chi connectivity index (χ4v) is 3.94. The second-order valence-electron chi connectivity index (χ2n) is 8.32. The molecule has 0 saturated carbocycles. The molecular formula is C27H27ClN4O2. The van der Waals surface area contributed by atoms with E-state index in [0.717, 1.165) is 29.4 Å². The molecule has 1 amide bonds. The largest absolute Gasteiger partial charge is 0.494 e. The highest BCUT2D eigenvalue weighted by Gasteiger charge is 2.19. The zero-order chi connectivity index (χ0) is 24.1. The van der Waals surface area contributed by atoms with Crippen molar-refractivity contribution in [2.75, 3.05) is 27.2 Å². The van der Waals surface area contributed by atoms with Crippen LogP contribution in [0.2, 0.25) is 5.02 Å². The van der Waals surface area contributed by atoms with Crippen molar-refractivity contribution in [3.05, 3.63) is 94.5 Å². The van der Waals surface area contributed by atoms with Gasteiger partial charge in [0, 0.05) is 28.1 Å². The minimum Gasteiger partial charge on any atom is -0.494 e. The van der Waals surface area contributed by atoms with Crippen LogP contribution in [0.3, 0.4) is 0 Å². The number of carbonyl (C=O) groups excluding carboxylic acids is 1. The number of rotatable bonds is 8. The highest BCUT2D eigenvalue weighted by atomic mass is 35.5. The van der Waals surface area contributed by atoms with Crippen LogP contribution in [0.25, 0.3) is 10.9 Å². The third kappa shape index (κ3) is 5.47. The molecule has 34 heavy (non-hydrogen) atoms. The Balaban J connectivity index is 1.65. The number of amides is 1. The molecule has 0 fully saturated rings. The van der Waals surface area contributed by atoms with E-state index in [4.69, 9.17) is 16.6 Å². The van der Waals surface area contributed by atoms with Gasteiger partial charge in [-0.3, -0.25) is 4.79 Å². The molecule has 7 heteroatoms. The van der Waals surface area contributed by atoms with Crippen LogP contribution >= 0.6 is 11.6 Å². The number of aromatic hydroxyl groups is 1. The Bertz CT molecular complexity index is 1310. The Morgan fingerprint density at radius 2 is 1.76 bits per heavy atom. The summed E-state index contributed by atoms with van der Waals surface area (Å²) in [6.45, 7) is 1.54. The van der Waals surface area contributed by atoms with E-state index in [1.165, 1.54) is 0 Å². The molecule has 0 unspecified atom stereocenters. The van der Waals surface area contributed by atoms with E-state index in [1.807, 2.05) is 50.5 Å². The molecule has 1 heterocycles. The first kappa shape index (κ1) is 23.5. The Kier molecular flexibility index (Phi) is 7.30. The lowest BCUT2D eigenvalue weighted by atomic mass is 10.0. The summed E-state index contributed by atoms with van der Waals surface area (Å²) in [6, 6.07) is 22.2. The van der Waals surface area contributed by atoms with E-state index in [-0.39, 0.29) is 11.8 Å². The Morgan fingerprint density at radius 3 is 2.47 bits per heavy atom. The number of hydrogen-bond acceptors (Lipinski definition) is 4. The summed E-state index contributed by atoms with van der Waals surface area (Å²) in [5.74, 6) is -0.0858. The predicted octanol–water partition coefficient (Wildman–Crippen LogP) is 5.38. The maximum Gasteiger partial charge on any atom is 0.251 e. The number of hydrogen-bond donors (Lipinski definition) is 3. The number of fused-ring (bicyclic) bond motifs is 1. The van der Waals surface area contributed by atoms with Gasteiger partial charge in [0.15, 0.2) is 5.88 Å². The molecule has 0 saturated heterocycles. The van der Waals surface area contributed by atoms with Crippen molar-refractivity contribution in [1.29, 1.82) is 0 Å². The number of aromatic nitrogens is 1. The van der Waals surface area contributed by atoms with Gasteiger partial charge in [0.2, 0.25) is 0 Å². The van der Waals surface area contributed by atoms with Crippen LogP contribution in [0.15, 0.2) is 77.8 Å². The summed E-state index contributed by atoms with van der Waals surface area (Å²) in [4.78, 5) is 22.4. The van der Waals surface area contributed by atoms with Crippen molar-refractivity contribution >= 4 is 39.8 Å². The van der Waals surface area contributed by atoms with Gasteiger partial charge in [-0.25, -0.2) is 4.99 Å². The fourth-order valence-electron chi connectivity index (χ4n) is 3.77. The van der Waals surface area contributed by atoms with Gasteiger partial charge in [0.05, 0.1) is 22.5 Å². The smallest absolute Gasteiger partial charge is 0.251 e. The third-order valence-corrected chi connectivity index (χ3v) is 5.70. The second-order valence-corrected chi connectivity index (χ2v) is 8.76. The van der Waals surface area contributed by atoms with Crippen LogP contribution in [-0.4, -0.2) is 53.8 Å². The van der Waals surface area contributed by atoms with Gasteiger partial charge >= 0.3 is 0 Å². The van der Waals surface area contributed by atoms with Crippen molar-refractivity contribution in [1.82, 2.24) is 15.2 Å². The molecule has 4 rings (SSSR count).